The molecule has 3 aromatic carbocycles. The molecule has 0 bridgehead atoms. The van der Waals surface area contributed by atoms with Gasteiger partial charge in [0.25, 0.3) is 0 Å². The number of para-hydroxylation sites is 2. The molecule has 3 nitrogen and oxygen atoms in total. The number of hydrogen-bond donors (Lipinski definition) is 0. The summed E-state index contributed by atoms with van der Waals surface area (Å²) in [4.78, 5) is 15.0. The molecule has 187 valence electrons. The van der Waals surface area contributed by atoms with E-state index in [4.69, 9.17) is 35.3 Å². The summed E-state index contributed by atoms with van der Waals surface area (Å²) in [5.74, 6) is 0. The number of nitrogens with zero attached hydrogens (tertiary/aromatic N) is 3. The van der Waals surface area contributed by atoms with Crippen molar-refractivity contribution in [1.82, 2.24) is 4.98 Å². The van der Waals surface area contributed by atoms with Crippen molar-refractivity contribution in [1.29, 1.82) is 0 Å². The van der Waals surface area contributed by atoms with E-state index in [0.717, 1.165) is 52.6 Å². The standard InChI is InChI=1S/C30H29N3.2ClH.Co/c1-4-23-14-9-11-18-27(23)31-22(3)26-20-13-21-29(32-26)30(25-16-7-6-8-17-25)33-28-19-12-10-15-24(28)5-2;;;/h6-21H,4-5H2,1-3H3;2*1H;/q;;;+2/p-2. The van der Waals surface area contributed by atoms with Gasteiger partial charge in [-0.3, -0.25) is 4.99 Å². The topological polar surface area (TPSA) is 37.6 Å². The van der Waals surface area contributed by atoms with Crippen molar-refractivity contribution in [2.45, 2.75) is 33.6 Å². The maximum absolute atomic E-state index is 5.10. The summed E-state index contributed by atoms with van der Waals surface area (Å²) in [5, 5.41) is 0. The Balaban J connectivity index is 0.00000115. The zero-order chi connectivity index (χ0) is 25.8. The average molecular weight is 561 g/mol. The normalized spacial score (nSPS) is 11.7. The first-order valence-electron chi connectivity index (χ1n) is 11.8. The van der Waals surface area contributed by atoms with Gasteiger partial charge in [-0.25, -0.2) is 9.98 Å². The number of aryl methyl sites for hydroxylation is 2. The molecule has 4 rings (SSSR count). The van der Waals surface area contributed by atoms with Crippen LogP contribution in [0.25, 0.3) is 0 Å². The van der Waals surface area contributed by atoms with Crippen molar-refractivity contribution < 1.29 is 12.9 Å². The second-order valence-corrected chi connectivity index (χ2v) is 9.66. The third kappa shape index (κ3) is 7.62. The number of benzene rings is 3. The third-order valence-electron chi connectivity index (χ3n) is 5.68. The third-order valence-corrected chi connectivity index (χ3v) is 5.68. The Labute approximate surface area is 228 Å². The summed E-state index contributed by atoms with van der Waals surface area (Å²) in [6, 6.07) is 32.9. The first kappa shape index (κ1) is 27.8. The molecule has 0 N–H and O–H groups in total. The van der Waals surface area contributed by atoms with Crippen LogP contribution in [-0.4, -0.2) is 16.4 Å². The van der Waals surface area contributed by atoms with Gasteiger partial charge in [0.2, 0.25) is 0 Å². The molecular formula is C30H29Cl2CoN3. The summed E-state index contributed by atoms with van der Waals surface area (Å²) in [7, 11) is 9.47. The molecule has 36 heavy (non-hydrogen) atoms. The van der Waals surface area contributed by atoms with Crippen LogP contribution in [0.15, 0.2) is 107 Å². The number of aromatic nitrogens is 1. The van der Waals surface area contributed by atoms with E-state index in [9.17, 15) is 0 Å². The molecule has 0 atom stereocenters. The Morgan fingerprint density at radius 1 is 0.667 bits per heavy atom. The second-order valence-electron chi connectivity index (χ2n) is 7.94. The second kappa shape index (κ2) is 14.7. The van der Waals surface area contributed by atoms with Gasteiger partial charge in [-0.05, 0) is 55.2 Å². The molecular weight excluding hydrogens is 532 g/mol. The fourth-order valence-corrected chi connectivity index (χ4v) is 3.83. The minimum absolute atomic E-state index is 0.382. The van der Waals surface area contributed by atoms with Gasteiger partial charge in [-0.2, -0.15) is 0 Å². The number of pyridine rings is 1. The van der Waals surface area contributed by atoms with E-state index in [-0.39, 0.29) is 0 Å². The van der Waals surface area contributed by atoms with Crippen LogP contribution in [0.4, 0.5) is 11.4 Å². The van der Waals surface area contributed by atoms with Gasteiger partial charge >= 0.3 is 33.2 Å². The zero-order valence-electron chi connectivity index (χ0n) is 20.6. The van der Waals surface area contributed by atoms with Crippen molar-refractivity contribution >= 4 is 43.1 Å². The van der Waals surface area contributed by atoms with Crippen LogP contribution in [0.1, 0.15) is 48.8 Å². The summed E-state index contributed by atoms with van der Waals surface area (Å²) in [5.41, 5.74) is 8.91. The summed E-state index contributed by atoms with van der Waals surface area (Å²) in [6.07, 6.45) is 1.87. The molecule has 0 unspecified atom stereocenters. The molecule has 0 radical (unpaired) electrons. The van der Waals surface area contributed by atoms with E-state index in [1.807, 2.05) is 55.5 Å². The fourth-order valence-electron chi connectivity index (χ4n) is 3.83. The van der Waals surface area contributed by atoms with E-state index in [1.54, 1.807) is 0 Å². The van der Waals surface area contributed by atoms with Gasteiger partial charge in [0.15, 0.2) is 0 Å². The molecule has 0 fully saturated rings. The minimum atomic E-state index is 0.382. The van der Waals surface area contributed by atoms with Crippen LogP contribution < -0.4 is 0 Å². The van der Waals surface area contributed by atoms with Gasteiger partial charge in [0, 0.05) is 5.56 Å². The van der Waals surface area contributed by atoms with Gasteiger partial charge in [0.05, 0.1) is 34.2 Å². The number of rotatable bonds is 7. The maximum atomic E-state index is 5.10. The Morgan fingerprint density at radius 2 is 1.17 bits per heavy atom. The van der Waals surface area contributed by atoms with Crippen LogP contribution in [0.2, 0.25) is 0 Å². The first-order chi connectivity index (χ1) is 17.6. The van der Waals surface area contributed by atoms with Crippen LogP contribution in [0.3, 0.4) is 0 Å². The number of hydrogen-bond acceptors (Lipinski definition) is 3. The average Bonchev–Trinajstić information content (AvgIpc) is 2.93. The van der Waals surface area contributed by atoms with Gasteiger partial charge in [-0.1, -0.05) is 86.6 Å². The molecule has 1 aromatic heterocycles. The van der Waals surface area contributed by atoms with E-state index in [2.05, 4.69) is 62.4 Å². The molecule has 6 heteroatoms. The predicted octanol–water partition coefficient (Wildman–Crippen LogP) is 8.89. The van der Waals surface area contributed by atoms with Crippen molar-refractivity contribution in [3.8, 4) is 0 Å². The van der Waals surface area contributed by atoms with Gasteiger partial charge in [-0.15, -0.1) is 0 Å². The van der Waals surface area contributed by atoms with Crippen LogP contribution >= 0.6 is 20.3 Å². The van der Waals surface area contributed by atoms with E-state index < -0.39 is 0 Å². The van der Waals surface area contributed by atoms with Crippen LogP contribution in [0, 0.1) is 0 Å². The number of halogens is 2. The molecule has 0 saturated carbocycles. The monoisotopic (exact) mass is 560 g/mol. The van der Waals surface area contributed by atoms with Crippen molar-refractivity contribution in [2.75, 3.05) is 0 Å². The molecule has 0 amide bonds. The van der Waals surface area contributed by atoms with Crippen LogP contribution in [-0.2, 0) is 25.7 Å². The van der Waals surface area contributed by atoms with Crippen molar-refractivity contribution in [3.63, 3.8) is 0 Å². The summed E-state index contributed by atoms with van der Waals surface area (Å²) >= 11 is 0.382. The summed E-state index contributed by atoms with van der Waals surface area (Å²) < 4.78 is 0. The SMILES string of the molecule is CCc1ccccc1N=C(C)c1cccc(C(=Nc2ccccc2CC)c2ccccc2)n1.[Cl][Co][Cl]. The Hall–Kier alpha value is -2.76. The fraction of sp³-hybridized carbons (Fsp3) is 0.167. The summed E-state index contributed by atoms with van der Waals surface area (Å²) in [6.45, 7) is 6.33. The molecule has 0 aliphatic heterocycles. The van der Waals surface area contributed by atoms with E-state index in [0.29, 0.717) is 12.9 Å². The zero-order valence-corrected chi connectivity index (χ0v) is 23.1. The molecule has 4 aromatic rings. The van der Waals surface area contributed by atoms with Crippen LogP contribution in [0.5, 0.6) is 0 Å². The molecule has 0 saturated heterocycles. The van der Waals surface area contributed by atoms with E-state index >= 15 is 0 Å². The van der Waals surface area contributed by atoms with Crippen molar-refractivity contribution in [3.05, 3.63) is 125 Å². The molecule has 0 aliphatic carbocycles. The van der Waals surface area contributed by atoms with Gasteiger partial charge in [0.1, 0.15) is 0 Å². The molecule has 1 heterocycles. The quantitative estimate of drug-likeness (QED) is 0.208. The Bertz CT molecular complexity index is 1320. The molecule has 0 aliphatic rings. The Morgan fingerprint density at radius 3 is 1.75 bits per heavy atom. The van der Waals surface area contributed by atoms with Crippen molar-refractivity contribution in [2.24, 2.45) is 9.98 Å². The first-order valence-corrected chi connectivity index (χ1v) is 14.6. The van der Waals surface area contributed by atoms with Gasteiger partial charge < -0.3 is 0 Å². The Kier molecular flexibility index (Phi) is 11.4. The predicted molar refractivity (Wildman–Crippen MR) is 151 cm³/mol. The molecule has 0 spiro atoms. The number of aliphatic imine (C=N–C) groups is 2. The van der Waals surface area contributed by atoms with E-state index in [1.165, 1.54) is 11.1 Å².